The van der Waals surface area contributed by atoms with Crippen molar-refractivity contribution in [2.75, 3.05) is 0 Å². The van der Waals surface area contributed by atoms with E-state index in [1.54, 1.807) is 0 Å². The van der Waals surface area contributed by atoms with Crippen LogP contribution in [0.3, 0.4) is 0 Å². The van der Waals surface area contributed by atoms with Gasteiger partial charge in [0.2, 0.25) is 0 Å². The van der Waals surface area contributed by atoms with E-state index in [-0.39, 0.29) is 5.60 Å². The Morgan fingerprint density at radius 1 is 1.11 bits per heavy atom. The second-order valence-electron chi connectivity index (χ2n) is 6.33. The first-order valence-corrected chi connectivity index (χ1v) is 8.45. The van der Waals surface area contributed by atoms with E-state index in [9.17, 15) is 0 Å². The van der Waals surface area contributed by atoms with Crippen LogP contribution in [0, 0.1) is 5.92 Å². The maximum Gasteiger partial charge on any atom is 0.0808 e. The fourth-order valence-corrected chi connectivity index (χ4v) is 5.07. The molecule has 104 valence electrons. The van der Waals surface area contributed by atoms with E-state index in [4.69, 9.17) is 4.74 Å². The average Bonchev–Trinajstić information content (AvgIpc) is 2.71. The molecular weight excluding hydrogens is 252 g/mol. The molecule has 1 saturated heterocycles. The topological polar surface area (TPSA) is 9.23 Å². The predicted molar refractivity (Wildman–Crippen MR) is 81.6 cm³/mol. The van der Waals surface area contributed by atoms with Crippen molar-refractivity contribution >= 4 is 11.8 Å². The zero-order valence-corrected chi connectivity index (χ0v) is 12.8. The fraction of sp³-hybridized carbons (Fsp3) is 0.647. The average molecular weight is 276 g/mol. The largest absolute Gasteiger partial charge is 0.371 e. The van der Waals surface area contributed by atoms with Gasteiger partial charge in [0, 0.05) is 10.1 Å². The summed E-state index contributed by atoms with van der Waals surface area (Å²) >= 11 is 2.04. The third-order valence-electron chi connectivity index (χ3n) is 4.71. The number of rotatable bonds is 2. The smallest absolute Gasteiger partial charge is 0.0808 e. The highest BCUT2D eigenvalue weighted by molar-refractivity contribution is 8.00. The van der Waals surface area contributed by atoms with E-state index in [1.165, 1.54) is 37.0 Å². The van der Waals surface area contributed by atoms with Crippen molar-refractivity contribution in [2.45, 2.75) is 67.8 Å². The van der Waals surface area contributed by atoms with Gasteiger partial charge in [-0.1, -0.05) is 25.1 Å². The van der Waals surface area contributed by atoms with Crippen LogP contribution >= 0.6 is 11.8 Å². The van der Waals surface area contributed by atoms with Crippen LogP contribution in [0.1, 0.15) is 46.0 Å². The number of ether oxygens (including phenoxy) is 1. The summed E-state index contributed by atoms with van der Waals surface area (Å²) < 4.78 is 6.40. The lowest BCUT2D eigenvalue weighted by molar-refractivity contribution is -0.0616. The zero-order valence-electron chi connectivity index (χ0n) is 12.0. The standard InChI is InChI=1S/C17H24OS/c1-13-8-10-17(11-9-13)16(12-14(2)18-17)19-15-6-4-3-5-7-15/h3-7,13-14,16H,8-12H2,1-2H3/t13?,14-,16-,17?/m0/s1. The molecule has 0 aromatic heterocycles. The van der Waals surface area contributed by atoms with Gasteiger partial charge >= 0.3 is 0 Å². The van der Waals surface area contributed by atoms with Crippen LogP contribution in [0.5, 0.6) is 0 Å². The number of hydrogen-bond donors (Lipinski definition) is 0. The maximum absolute atomic E-state index is 6.40. The molecule has 1 aromatic rings. The van der Waals surface area contributed by atoms with Gasteiger partial charge in [-0.25, -0.2) is 0 Å². The van der Waals surface area contributed by atoms with Crippen LogP contribution in [-0.4, -0.2) is 17.0 Å². The van der Waals surface area contributed by atoms with Crippen LogP contribution < -0.4 is 0 Å². The lowest BCUT2D eigenvalue weighted by Gasteiger charge is -2.39. The molecule has 3 rings (SSSR count). The Morgan fingerprint density at radius 3 is 2.47 bits per heavy atom. The van der Waals surface area contributed by atoms with E-state index in [0.29, 0.717) is 11.4 Å². The molecule has 1 aliphatic carbocycles. The monoisotopic (exact) mass is 276 g/mol. The molecule has 0 radical (unpaired) electrons. The fourth-order valence-electron chi connectivity index (χ4n) is 3.55. The van der Waals surface area contributed by atoms with E-state index in [1.807, 2.05) is 11.8 Å². The van der Waals surface area contributed by atoms with Crippen molar-refractivity contribution in [1.82, 2.24) is 0 Å². The molecule has 0 amide bonds. The van der Waals surface area contributed by atoms with Gasteiger partial charge in [-0.15, -0.1) is 11.8 Å². The van der Waals surface area contributed by atoms with Crippen molar-refractivity contribution in [3.8, 4) is 0 Å². The van der Waals surface area contributed by atoms with Crippen molar-refractivity contribution in [3.63, 3.8) is 0 Å². The summed E-state index contributed by atoms with van der Waals surface area (Å²) in [6.07, 6.45) is 6.80. The van der Waals surface area contributed by atoms with Crippen molar-refractivity contribution in [1.29, 1.82) is 0 Å². The van der Waals surface area contributed by atoms with Gasteiger partial charge in [0.05, 0.1) is 11.7 Å². The minimum Gasteiger partial charge on any atom is -0.371 e. The van der Waals surface area contributed by atoms with Gasteiger partial charge in [0.25, 0.3) is 0 Å². The Balaban J connectivity index is 1.75. The molecule has 2 aliphatic rings. The van der Waals surface area contributed by atoms with E-state index in [0.717, 1.165) is 5.92 Å². The highest BCUT2D eigenvalue weighted by atomic mass is 32.2. The molecule has 1 heterocycles. The quantitative estimate of drug-likeness (QED) is 0.759. The molecule has 0 unspecified atom stereocenters. The molecule has 1 aromatic carbocycles. The van der Waals surface area contributed by atoms with Crippen LogP contribution in [0.4, 0.5) is 0 Å². The molecule has 1 nitrogen and oxygen atoms in total. The van der Waals surface area contributed by atoms with Crippen LogP contribution in [-0.2, 0) is 4.74 Å². The highest BCUT2D eigenvalue weighted by Gasteiger charge is 2.48. The summed E-state index contributed by atoms with van der Waals surface area (Å²) in [5.41, 5.74) is 0.159. The molecule has 2 heteroatoms. The summed E-state index contributed by atoms with van der Waals surface area (Å²) in [7, 11) is 0. The number of thioether (sulfide) groups is 1. The first-order valence-electron chi connectivity index (χ1n) is 7.57. The molecule has 19 heavy (non-hydrogen) atoms. The summed E-state index contributed by atoms with van der Waals surface area (Å²) in [5.74, 6) is 0.882. The van der Waals surface area contributed by atoms with Gasteiger partial charge in [-0.2, -0.15) is 0 Å². The second-order valence-corrected chi connectivity index (χ2v) is 7.61. The maximum atomic E-state index is 6.40. The van der Waals surface area contributed by atoms with Crippen LogP contribution in [0.15, 0.2) is 35.2 Å². The first-order chi connectivity index (χ1) is 9.18. The SMILES string of the molecule is CC1CCC2(CC1)O[C@@H](C)C[C@@H]2Sc1ccccc1. The molecular formula is C17H24OS. The molecule has 1 aliphatic heterocycles. The molecule has 0 N–H and O–H groups in total. The summed E-state index contributed by atoms with van der Waals surface area (Å²) in [6, 6.07) is 10.8. The minimum absolute atomic E-state index is 0.159. The molecule has 2 fully saturated rings. The van der Waals surface area contributed by atoms with E-state index >= 15 is 0 Å². The molecule has 1 spiro atoms. The summed E-state index contributed by atoms with van der Waals surface area (Å²) in [5, 5.41) is 0.636. The zero-order chi connectivity index (χ0) is 13.3. The van der Waals surface area contributed by atoms with E-state index < -0.39 is 0 Å². The van der Waals surface area contributed by atoms with Crippen molar-refractivity contribution in [2.24, 2.45) is 5.92 Å². The lowest BCUT2D eigenvalue weighted by atomic mass is 9.78. The minimum atomic E-state index is 0.159. The Bertz CT molecular complexity index is 409. The van der Waals surface area contributed by atoms with Gasteiger partial charge in [-0.05, 0) is 57.1 Å². The summed E-state index contributed by atoms with van der Waals surface area (Å²) in [4.78, 5) is 1.39. The Morgan fingerprint density at radius 2 is 1.79 bits per heavy atom. The van der Waals surface area contributed by atoms with E-state index in [2.05, 4.69) is 44.2 Å². The Labute approximate surface area is 121 Å². The lowest BCUT2D eigenvalue weighted by Crippen LogP contribution is -2.41. The Kier molecular flexibility index (Phi) is 3.91. The number of benzene rings is 1. The van der Waals surface area contributed by atoms with Gasteiger partial charge in [-0.3, -0.25) is 0 Å². The third kappa shape index (κ3) is 2.85. The van der Waals surface area contributed by atoms with Crippen LogP contribution in [0.2, 0.25) is 0 Å². The molecule has 0 bridgehead atoms. The highest BCUT2D eigenvalue weighted by Crippen LogP contribution is 2.49. The predicted octanol–water partition coefficient (Wildman–Crippen LogP) is 4.91. The molecule has 2 atom stereocenters. The third-order valence-corrected chi connectivity index (χ3v) is 6.16. The second kappa shape index (κ2) is 5.49. The first kappa shape index (κ1) is 13.5. The van der Waals surface area contributed by atoms with Gasteiger partial charge < -0.3 is 4.74 Å². The van der Waals surface area contributed by atoms with Crippen molar-refractivity contribution in [3.05, 3.63) is 30.3 Å². The number of hydrogen-bond acceptors (Lipinski definition) is 2. The van der Waals surface area contributed by atoms with Crippen molar-refractivity contribution < 1.29 is 4.74 Å². The molecule has 1 saturated carbocycles. The normalized spacial score (nSPS) is 38.7. The Hall–Kier alpha value is -0.470. The van der Waals surface area contributed by atoms with Crippen LogP contribution in [0.25, 0.3) is 0 Å². The summed E-state index contributed by atoms with van der Waals surface area (Å²) in [6.45, 7) is 4.62. The van der Waals surface area contributed by atoms with Gasteiger partial charge in [0.1, 0.15) is 0 Å². The van der Waals surface area contributed by atoms with Gasteiger partial charge in [0.15, 0.2) is 0 Å².